The highest BCUT2D eigenvalue weighted by Gasteiger charge is 2.16. The van der Waals surface area contributed by atoms with Crippen LogP contribution < -0.4 is 4.74 Å². The number of aromatic nitrogens is 2. The summed E-state index contributed by atoms with van der Waals surface area (Å²) in [4.78, 5) is 6.95. The molecule has 0 aliphatic rings. The van der Waals surface area contributed by atoms with Crippen molar-refractivity contribution in [2.75, 3.05) is 26.8 Å². The van der Waals surface area contributed by atoms with E-state index in [0.717, 1.165) is 47.5 Å². The third-order valence-electron chi connectivity index (χ3n) is 5.34. The molecular formula is C25H33N3O3. The highest BCUT2D eigenvalue weighted by atomic mass is 16.5. The summed E-state index contributed by atoms with van der Waals surface area (Å²) in [5, 5.41) is 13.3. The average Bonchev–Trinajstić information content (AvgIpc) is 3.24. The molecule has 0 saturated carbocycles. The lowest BCUT2D eigenvalue weighted by Gasteiger charge is -2.14. The number of rotatable bonds is 10. The van der Waals surface area contributed by atoms with Crippen molar-refractivity contribution < 1.29 is 14.4 Å². The molecular weight excluding hydrogens is 390 g/mol. The second-order valence-corrected chi connectivity index (χ2v) is 8.02. The van der Waals surface area contributed by atoms with Gasteiger partial charge in [-0.25, -0.2) is 0 Å². The molecule has 6 nitrogen and oxygen atoms in total. The van der Waals surface area contributed by atoms with Gasteiger partial charge in [0.2, 0.25) is 5.82 Å². The molecule has 1 N–H and O–H groups in total. The normalized spacial score (nSPS) is 11.3. The molecule has 0 unspecified atom stereocenters. The summed E-state index contributed by atoms with van der Waals surface area (Å²) in [6.07, 6.45) is 1.45. The fourth-order valence-corrected chi connectivity index (χ4v) is 3.64. The maximum Gasteiger partial charge on any atom is 0.258 e. The molecule has 0 bridgehead atoms. The van der Waals surface area contributed by atoms with Gasteiger partial charge in [-0.2, -0.15) is 4.98 Å². The van der Waals surface area contributed by atoms with Gasteiger partial charge in [-0.3, -0.25) is 0 Å². The van der Waals surface area contributed by atoms with Gasteiger partial charge < -0.3 is 19.3 Å². The first-order chi connectivity index (χ1) is 14.9. The largest absolute Gasteiger partial charge is 0.493 e. The van der Waals surface area contributed by atoms with Crippen molar-refractivity contribution in [2.45, 2.75) is 47.1 Å². The highest BCUT2D eigenvalue weighted by Crippen LogP contribution is 2.31. The van der Waals surface area contributed by atoms with Crippen LogP contribution in [0.3, 0.4) is 0 Å². The van der Waals surface area contributed by atoms with Gasteiger partial charge in [0, 0.05) is 30.7 Å². The molecule has 0 spiro atoms. The van der Waals surface area contributed by atoms with E-state index in [1.54, 1.807) is 0 Å². The number of ether oxygens (including phenoxy) is 1. The number of hydrogen-bond acceptors (Lipinski definition) is 6. The smallest absolute Gasteiger partial charge is 0.258 e. The highest BCUT2D eigenvalue weighted by molar-refractivity contribution is 5.64. The molecule has 31 heavy (non-hydrogen) atoms. The van der Waals surface area contributed by atoms with E-state index >= 15 is 0 Å². The van der Waals surface area contributed by atoms with Crippen LogP contribution in [-0.2, 0) is 13.0 Å². The Morgan fingerprint density at radius 3 is 2.58 bits per heavy atom. The molecule has 6 heteroatoms. The van der Waals surface area contributed by atoms with Gasteiger partial charge >= 0.3 is 0 Å². The Hall–Kier alpha value is -2.70. The van der Waals surface area contributed by atoms with Crippen molar-refractivity contribution in [3.63, 3.8) is 0 Å². The van der Waals surface area contributed by atoms with Crippen LogP contribution >= 0.6 is 0 Å². The molecule has 0 fully saturated rings. The van der Waals surface area contributed by atoms with E-state index in [1.165, 1.54) is 11.1 Å². The Labute approximate surface area is 184 Å². The SMILES string of the molecule is CCc1cc(-c2noc(-c3cc(C)cc(CN(C)CC)c3)n2)cc(C)c1OCCCO. The van der Waals surface area contributed by atoms with E-state index in [4.69, 9.17) is 14.4 Å². The molecule has 0 aliphatic carbocycles. The summed E-state index contributed by atoms with van der Waals surface area (Å²) >= 11 is 0. The summed E-state index contributed by atoms with van der Waals surface area (Å²) in [6, 6.07) is 10.5. The first-order valence-corrected chi connectivity index (χ1v) is 11.0. The lowest BCUT2D eigenvalue weighted by Crippen LogP contribution is -2.16. The van der Waals surface area contributed by atoms with Crippen LogP contribution in [0.2, 0.25) is 0 Å². The van der Waals surface area contributed by atoms with Crippen molar-refractivity contribution in [3.05, 3.63) is 52.6 Å². The zero-order valence-electron chi connectivity index (χ0n) is 19.2. The van der Waals surface area contributed by atoms with Gasteiger partial charge in [0.15, 0.2) is 0 Å². The Morgan fingerprint density at radius 2 is 1.87 bits per heavy atom. The summed E-state index contributed by atoms with van der Waals surface area (Å²) in [5.41, 5.74) is 6.38. The number of aliphatic hydroxyl groups is 1. The van der Waals surface area contributed by atoms with Gasteiger partial charge in [-0.05, 0) is 74.8 Å². The quantitative estimate of drug-likeness (QED) is 0.473. The molecule has 0 radical (unpaired) electrons. The third-order valence-corrected chi connectivity index (χ3v) is 5.34. The number of aliphatic hydroxyl groups excluding tert-OH is 1. The molecule has 0 saturated heterocycles. The minimum atomic E-state index is 0.125. The minimum absolute atomic E-state index is 0.125. The first kappa shape index (κ1) is 23.0. The van der Waals surface area contributed by atoms with Crippen molar-refractivity contribution in [2.24, 2.45) is 0 Å². The molecule has 0 amide bonds. The van der Waals surface area contributed by atoms with Crippen LogP contribution in [0.1, 0.15) is 42.5 Å². The fraction of sp³-hybridized carbons (Fsp3) is 0.440. The van der Waals surface area contributed by atoms with E-state index in [2.05, 4.69) is 67.1 Å². The van der Waals surface area contributed by atoms with Crippen LogP contribution in [0.4, 0.5) is 0 Å². The van der Waals surface area contributed by atoms with Gasteiger partial charge in [0.25, 0.3) is 5.89 Å². The molecule has 3 aromatic rings. The molecule has 2 aromatic carbocycles. The topological polar surface area (TPSA) is 71.6 Å². The van der Waals surface area contributed by atoms with Crippen LogP contribution in [-0.4, -0.2) is 47.0 Å². The number of nitrogens with zero attached hydrogens (tertiary/aromatic N) is 3. The predicted octanol–water partition coefficient (Wildman–Crippen LogP) is 4.80. The lowest BCUT2D eigenvalue weighted by molar-refractivity contribution is 0.232. The molecule has 1 aromatic heterocycles. The monoisotopic (exact) mass is 423 g/mol. The van der Waals surface area contributed by atoms with E-state index in [9.17, 15) is 0 Å². The second kappa shape index (κ2) is 10.6. The van der Waals surface area contributed by atoms with Crippen molar-refractivity contribution >= 4 is 0 Å². The maximum absolute atomic E-state index is 9.01. The number of aryl methyl sites for hydroxylation is 3. The average molecular weight is 424 g/mol. The van der Waals surface area contributed by atoms with Gasteiger partial charge in [0.05, 0.1) is 6.61 Å². The van der Waals surface area contributed by atoms with Crippen LogP contribution in [0.15, 0.2) is 34.9 Å². The summed E-state index contributed by atoms with van der Waals surface area (Å²) in [5.74, 6) is 1.98. The van der Waals surface area contributed by atoms with Crippen LogP contribution in [0.5, 0.6) is 5.75 Å². The maximum atomic E-state index is 9.01. The summed E-state index contributed by atoms with van der Waals surface area (Å²) < 4.78 is 11.5. The predicted molar refractivity (Wildman–Crippen MR) is 123 cm³/mol. The van der Waals surface area contributed by atoms with Crippen molar-refractivity contribution in [1.82, 2.24) is 15.0 Å². The zero-order chi connectivity index (χ0) is 22.4. The van der Waals surface area contributed by atoms with Crippen LogP contribution in [0, 0.1) is 13.8 Å². The Kier molecular flexibility index (Phi) is 7.82. The number of hydrogen-bond donors (Lipinski definition) is 1. The van der Waals surface area contributed by atoms with Gasteiger partial charge in [-0.15, -0.1) is 0 Å². The van der Waals surface area contributed by atoms with E-state index in [1.807, 2.05) is 13.0 Å². The standard InChI is InChI=1S/C25H33N3O3/c1-6-20-15-21(13-18(4)23(20)30-10-8-9-29)24-26-25(31-27-24)22-12-17(3)11-19(14-22)16-28(5)7-2/h11-15,29H,6-10,16H2,1-5H3. The van der Waals surface area contributed by atoms with Gasteiger partial charge in [-0.1, -0.05) is 30.6 Å². The second-order valence-electron chi connectivity index (χ2n) is 8.02. The molecule has 0 atom stereocenters. The Bertz CT molecular complexity index is 1010. The minimum Gasteiger partial charge on any atom is -0.493 e. The van der Waals surface area contributed by atoms with Crippen molar-refractivity contribution in [3.8, 4) is 28.6 Å². The molecule has 3 rings (SSSR count). The summed E-state index contributed by atoms with van der Waals surface area (Å²) in [6.45, 7) is 10.9. The third kappa shape index (κ3) is 5.71. The van der Waals surface area contributed by atoms with Crippen molar-refractivity contribution in [1.29, 1.82) is 0 Å². The lowest BCUT2D eigenvalue weighted by atomic mass is 10.0. The number of benzene rings is 2. The molecule has 166 valence electrons. The molecule has 0 aliphatic heterocycles. The van der Waals surface area contributed by atoms with Gasteiger partial charge in [0.1, 0.15) is 5.75 Å². The van der Waals surface area contributed by atoms with E-state index < -0.39 is 0 Å². The fourth-order valence-electron chi connectivity index (χ4n) is 3.64. The summed E-state index contributed by atoms with van der Waals surface area (Å²) in [7, 11) is 2.11. The van der Waals surface area contributed by atoms with E-state index in [-0.39, 0.29) is 6.61 Å². The Morgan fingerprint density at radius 1 is 1.06 bits per heavy atom. The van der Waals surface area contributed by atoms with Crippen LogP contribution in [0.25, 0.3) is 22.8 Å². The van der Waals surface area contributed by atoms with E-state index in [0.29, 0.717) is 24.7 Å². The Balaban J connectivity index is 1.89. The first-order valence-electron chi connectivity index (χ1n) is 11.0. The molecule has 1 heterocycles. The zero-order valence-corrected chi connectivity index (χ0v) is 19.2.